The molecule has 2 aliphatic rings. The number of aromatic nitrogens is 1. The zero-order valence-electron chi connectivity index (χ0n) is 21.8. The quantitative estimate of drug-likeness (QED) is 0.293. The number of nitrogens with two attached hydrogens (primary N) is 1. The average molecular weight is 573 g/mol. The van der Waals surface area contributed by atoms with Gasteiger partial charge in [0.1, 0.15) is 17.0 Å². The fraction of sp³-hybridized carbons (Fsp3) is 0.357. The normalized spacial score (nSPS) is 19.1. The molecule has 0 fully saturated rings. The maximum absolute atomic E-state index is 12.4. The van der Waals surface area contributed by atoms with Crippen LogP contribution in [0, 0.1) is 5.92 Å². The van der Waals surface area contributed by atoms with Crippen LogP contribution in [0.3, 0.4) is 0 Å². The molecule has 0 amide bonds. The predicted octanol–water partition coefficient (Wildman–Crippen LogP) is 5.60. The Bertz CT molecular complexity index is 1380. The maximum atomic E-state index is 12.4. The van der Waals surface area contributed by atoms with Crippen molar-refractivity contribution in [3.05, 3.63) is 87.0 Å². The Kier molecular flexibility index (Phi) is 8.06. The molecular weight excluding hydrogens is 542 g/mol. The fourth-order valence-electron chi connectivity index (χ4n) is 5.27. The van der Waals surface area contributed by atoms with E-state index < -0.39 is 6.61 Å². The van der Waals surface area contributed by atoms with Gasteiger partial charge in [0.25, 0.3) is 0 Å². The lowest BCUT2D eigenvalue weighted by molar-refractivity contribution is -0.0528. The third-order valence-corrected chi connectivity index (χ3v) is 8.88. The minimum absolute atomic E-state index is 0.00181. The second kappa shape index (κ2) is 11.5. The van der Waals surface area contributed by atoms with Gasteiger partial charge < -0.3 is 15.8 Å². The van der Waals surface area contributed by atoms with Gasteiger partial charge in [-0.1, -0.05) is 49.4 Å². The largest absolute Gasteiger partial charge is 0.417 e. The number of hydrazone groups is 1. The number of thiophene rings is 1. The molecule has 1 aromatic carbocycles. The Morgan fingerprint density at radius 3 is 2.79 bits per heavy atom. The van der Waals surface area contributed by atoms with Crippen LogP contribution in [0.5, 0.6) is 5.88 Å². The predicted molar refractivity (Wildman–Crippen MR) is 153 cm³/mol. The SMILES string of the molecule is C=C(NCc1ccc(OC(F)F)nc1)C1Cc2sc(N3C(CN)=NNC3C)c(C(C)c3ccccc3Cl)c2C1. The second-order valence-electron chi connectivity index (χ2n) is 9.74. The van der Waals surface area contributed by atoms with E-state index in [1.165, 1.54) is 28.3 Å². The van der Waals surface area contributed by atoms with Crippen LogP contribution in [0.15, 0.2) is 60.0 Å². The summed E-state index contributed by atoms with van der Waals surface area (Å²) in [5.74, 6) is 1.01. The van der Waals surface area contributed by atoms with E-state index in [0.717, 1.165) is 45.5 Å². The van der Waals surface area contributed by atoms with Crippen molar-refractivity contribution < 1.29 is 13.5 Å². The minimum atomic E-state index is -2.89. The molecule has 11 heteroatoms. The maximum Gasteiger partial charge on any atom is 0.388 e. The van der Waals surface area contributed by atoms with Gasteiger partial charge in [-0.15, -0.1) is 11.3 Å². The van der Waals surface area contributed by atoms with E-state index in [1.807, 2.05) is 18.2 Å². The highest BCUT2D eigenvalue weighted by atomic mass is 35.5. The first-order chi connectivity index (χ1) is 18.8. The Hall–Kier alpha value is -3.21. The lowest BCUT2D eigenvalue weighted by atomic mass is 9.89. The van der Waals surface area contributed by atoms with Gasteiger partial charge in [0.15, 0.2) is 0 Å². The molecule has 2 aromatic heterocycles. The monoisotopic (exact) mass is 572 g/mol. The first-order valence-corrected chi connectivity index (χ1v) is 14.0. The lowest BCUT2D eigenvalue weighted by Gasteiger charge is -2.27. The third kappa shape index (κ3) is 5.59. The number of amidine groups is 1. The summed E-state index contributed by atoms with van der Waals surface area (Å²) in [4.78, 5) is 7.48. The first-order valence-electron chi connectivity index (χ1n) is 12.8. The molecule has 206 valence electrons. The number of benzene rings is 1. The van der Waals surface area contributed by atoms with Gasteiger partial charge >= 0.3 is 6.61 Å². The number of alkyl halides is 2. The number of hydrogen-bond acceptors (Lipinski definition) is 8. The van der Waals surface area contributed by atoms with E-state index in [4.69, 9.17) is 17.3 Å². The third-order valence-electron chi connectivity index (χ3n) is 7.27. The van der Waals surface area contributed by atoms with E-state index >= 15 is 0 Å². The molecule has 1 aliphatic heterocycles. The molecule has 3 aromatic rings. The summed E-state index contributed by atoms with van der Waals surface area (Å²) < 4.78 is 29.1. The van der Waals surface area contributed by atoms with Crippen LogP contribution in [0.2, 0.25) is 5.02 Å². The number of allylic oxidation sites excluding steroid dienone is 1. The number of fused-ring (bicyclic) bond motifs is 1. The van der Waals surface area contributed by atoms with E-state index in [9.17, 15) is 8.78 Å². The van der Waals surface area contributed by atoms with Gasteiger partial charge in [-0.2, -0.15) is 13.9 Å². The molecule has 0 saturated carbocycles. The molecule has 0 spiro atoms. The van der Waals surface area contributed by atoms with Crippen molar-refractivity contribution in [1.29, 1.82) is 0 Å². The van der Waals surface area contributed by atoms with Crippen LogP contribution in [0.25, 0.3) is 0 Å². The summed E-state index contributed by atoms with van der Waals surface area (Å²) in [7, 11) is 0. The standard InChI is InChI=1S/C28H31ClF2N6OS/c1-15(20-6-4-5-7-22(20)29)26-21-10-19(11-23(21)39-27(26)37-17(3)35-36-24(37)12-32)16(2)33-13-18-8-9-25(34-14-18)38-28(30)31/h4-9,14-15,17,19,28,33,35H,2,10-13,32H2,1,3H3. The number of nitrogens with one attached hydrogen (secondary N) is 2. The van der Waals surface area contributed by atoms with E-state index in [2.05, 4.69) is 57.0 Å². The minimum Gasteiger partial charge on any atom is -0.417 e. The Morgan fingerprint density at radius 1 is 1.31 bits per heavy atom. The van der Waals surface area contributed by atoms with Gasteiger partial charge in [-0.05, 0) is 48.1 Å². The van der Waals surface area contributed by atoms with Gasteiger partial charge in [0.05, 0.1) is 6.54 Å². The van der Waals surface area contributed by atoms with Crippen molar-refractivity contribution in [2.75, 3.05) is 11.4 Å². The number of hydrogen-bond donors (Lipinski definition) is 3. The Balaban J connectivity index is 1.37. The Labute approximate surface area is 235 Å². The van der Waals surface area contributed by atoms with Gasteiger partial charge in [-0.25, -0.2) is 4.98 Å². The van der Waals surface area contributed by atoms with Crippen LogP contribution < -0.4 is 26.1 Å². The molecular formula is C28H31ClF2N6OS. The van der Waals surface area contributed by atoms with Gasteiger partial charge in [0.2, 0.25) is 5.88 Å². The molecule has 4 N–H and O–H groups in total. The molecule has 5 rings (SSSR count). The number of pyridine rings is 1. The Morgan fingerprint density at radius 2 is 2.10 bits per heavy atom. The fourth-order valence-corrected chi connectivity index (χ4v) is 7.18. The van der Waals surface area contributed by atoms with E-state index in [1.54, 1.807) is 17.4 Å². The van der Waals surface area contributed by atoms with Crippen molar-refractivity contribution in [3.8, 4) is 5.88 Å². The highest BCUT2D eigenvalue weighted by Crippen LogP contribution is 2.49. The van der Waals surface area contributed by atoms with Crippen LogP contribution >= 0.6 is 22.9 Å². The number of halogens is 3. The summed E-state index contributed by atoms with van der Waals surface area (Å²) in [5, 5.41) is 9.77. The van der Waals surface area contributed by atoms with Crippen molar-refractivity contribution in [2.24, 2.45) is 16.8 Å². The second-order valence-corrected chi connectivity index (χ2v) is 11.2. The van der Waals surface area contributed by atoms with Crippen LogP contribution in [0.1, 0.15) is 46.9 Å². The van der Waals surface area contributed by atoms with Crippen molar-refractivity contribution in [1.82, 2.24) is 15.7 Å². The van der Waals surface area contributed by atoms with E-state index in [-0.39, 0.29) is 23.9 Å². The van der Waals surface area contributed by atoms with Gasteiger partial charge in [-0.3, -0.25) is 10.3 Å². The molecule has 0 bridgehead atoms. The van der Waals surface area contributed by atoms with Crippen molar-refractivity contribution in [3.63, 3.8) is 0 Å². The highest BCUT2D eigenvalue weighted by Gasteiger charge is 2.37. The molecule has 7 nitrogen and oxygen atoms in total. The van der Waals surface area contributed by atoms with Crippen molar-refractivity contribution in [2.45, 2.75) is 51.9 Å². The number of nitrogens with zero attached hydrogens (tertiary/aromatic N) is 3. The summed E-state index contributed by atoms with van der Waals surface area (Å²) in [5.41, 5.74) is 14.7. The molecule has 39 heavy (non-hydrogen) atoms. The summed E-state index contributed by atoms with van der Waals surface area (Å²) in [6.07, 6.45) is 3.25. The molecule has 3 unspecified atom stereocenters. The molecule has 3 atom stereocenters. The first kappa shape index (κ1) is 27.4. The van der Waals surface area contributed by atoms with E-state index in [0.29, 0.717) is 13.1 Å². The van der Waals surface area contributed by atoms with Crippen LogP contribution in [-0.2, 0) is 19.4 Å². The zero-order chi connectivity index (χ0) is 27.7. The summed E-state index contributed by atoms with van der Waals surface area (Å²) in [6, 6.07) is 11.1. The summed E-state index contributed by atoms with van der Waals surface area (Å²) in [6.45, 7) is 6.55. The number of rotatable bonds is 10. The molecule has 3 heterocycles. The lowest BCUT2D eigenvalue weighted by Crippen LogP contribution is -2.40. The number of ether oxygens (including phenoxy) is 1. The smallest absolute Gasteiger partial charge is 0.388 e. The van der Waals surface area contributed by atoms with Crippen molar-refractivity contribution >= 4 is 33.8 Å². The van der Waals surface area contributed by atoms with Gasteiger partial charge in [0, 0.05) is 46.2 Å². The van der Waals surface area contributed by atoms with Crippen LogP contribution in [-0.4, -0.2) is 30.1 Å². The highest BCUT2D eigenvalue weighted by molar-refractivity contribution is 7.16. The zero-order valence-corrected chi connectivity index (χ0v) is 23.3. The number of anilines is 1. The summed E-state index contributed by atoms with van der Waals surface area (Å²) >= 11 is 8.45. The molecule has 0 saturated heterocycles. The topological polar surface area (TPSA) is 87.8 Å². The molecule has 1 aliphatic carbocycles. The molecule has 0 radical (unpaired) electrons. The average Bonchev–Trinajstić information content (AvgIpc) is 3.59. The van der Waals surface area contributed by atoms with Crippen LogP contribution in [0.4, 0.5) is 13.8 Å².